The molecule has 0 aliphatic heterocycles. The van der Waals surface area contributed by atoms with Crippen LogP contribution in [0.4, 0.5) is 5.69 Å². The number of nitrogens with zero attached hydrogens (tertiary/aromatic N) is 2. The number of hydrogen-bond acceptors (Lipinski definition) is 4. The van der Waals surface area contributed by atoms with Gasteiger partial charge in [-0.05, 0) is 50.2 Å². The number of carbonyl (C=O) groups is 2. The van der Waals surface area contributed by atoms with Crippen LogP contribution in [0.5, 0.6) is 0 Å². The van der Waals surface area contributed by atoms with Crippen LogP contribution in [0.2, 0.25) is 0 Å². The zero-order valence-electron chi connectivity index (χ0n) is 16.3. The fourth-order valence-corrected chi connectivity index (χ4v) is 3.48. The summed E-state index contributed by atoms with van der Waals surface area (Å²) in [5.41, 5.74) is 3.24. The summed E-state index contributed by atoms with van der Waals surface area (Å²) in [7, 11) is 0. The first kappa shape index (κ1) is 18.7. The minimum absolute atomic E-state index is 0.306. The fraction of sp³-hybridized carbons (Fsp3) is 0.174. The first-order valence-electron chi connectivity index (χ1n) is 9.51. The van der Waals surface area contributed by atoms with Crippen molar-refractivity contribution in [2.75, 3.05) is 5.32 Å². The minimum Gasteiger partial charge on any atom is -0.449 e. The summed E-state index contributed by atoms with van der Waals surface area (Å²) in [5.74, 6) is -0.969. The molecule has 2 aromatic heterocycles. The molecule has 0 bridgehead atoms. The highest BCUT2D eigenvalue weighted by Crippen LogP contribution is 2.31. The molecule has 0 spiro atoms. The van der Waals surface area contributed by atoms with Gasteiger partial charge in [-0.25, -0.2) is 4.79 Å². The molecule has 4 rings (SSSR count). The van der Waals surface area contributed by atoms with Crippen molar-refractivity contribution in [3.63, 3.8) is 0 Å². The van der Waals surface area contributed by atoms with Gasteiger partial charge in [0.05, 0.1) is 5.56 Å². The Morgan fingerprint density at radius 2 is 1.86 bits per heavy atom. The number of rotatable bonds is 5. The number of amides is 1. The predicted molar refractivity (Wildman–Crippen MR) is 113 cm³/mol. The van der Waals surface area contributed by atoms with Crippen molar-refractivity contribution in [3.05, 3.63) is 72.6 Å². The van der Waals surface area contributed by atoms with Crippen LogP contribution in [-0.4, -0.2) is 27.5 Å². The van der Waals surface area contributed by atoms with E-state index in [-0.39, 0.29) is 5.91 Å². The van der Waals surface area contributed by atoms with Crippen LogP contribution in [0, 0.1) is 0 Å². The van der Waals surface area contributed by atoms with Gasteiger partial charge in [0, 0.05) is 46.4 Å². The van der Waals surface area contributed by atoms with Gasteiger partial charge in [-0.15, -0.1) is 0 Å². The molecular formula is C23H21N3O3. The molecule has 0 saturated carbocycles. The zero-order valence-corrected chi connectivity index (χ0v) is 16.3. The summed E-state index contributed by atoms with van der Waals surface area (Å²) in [6.07, 6.45) is 2.04. The van der Waals surface area contributed by atoms with Gasteiger partial charge in [0.2, 0.25) is 0 Å². The molecule has 1 amide bonds. The summed E-state index contributed by atoms with van der Waals surface area (Å²) < 4.78 is 7.50. The van der Waals surface area contributed by atoms with Crippen molar-refractivity contribution in [2.45, 2.75) is 26.5 Å². The van der Waals surface area contributed by atoms with Gasteiger partial charge in [-0.3, -0.25) is 9.78 Å². The molecule has 146 valence electrons. The van der Waals surface area contributed by atoms with Crippen molar-refractivity contribution in [1.82, 2.24) is 9.55 Å². The standard InChI is InChI=1S/C23H21N3O3/c1-3-26-20-9-5-4-8-18(20)19-13-17(10-11-21(19)26)25-22(27)15(2)29-23(28)16-7-6-12-24-14-16/h4-15H,3H2,1-2H3,(H,25,27)/t15-/m0/s1. The number of esters is 1. The molecule has 0 radical (unpaired) electrons. The maximum atomic E-state index is 12.5. The van der Waals surface area contributed by atoms with Crippen molar-refractivity contribution < 1.29 is 14.3 Å². The van der Waals surface area contributed by atoms with Crippen molar-refractivity contribution >= 4 is 39.4 Å². The molecule has 29 heavy (non-hydrogen) atoms. The molecule has 0 aliphatic carbocycles. The topological polar surface area (TPSA) is 73.2 Å². The van der Waals surface area contributed by atoms with Gasteiger partial charge in [-0.1, -0.05) is 18.2 Å². The molecule has 1 N–H and O–H groups in total. The first-order valence-corrected chi connectivity index (χ1v) is 9.51. The minimum atomic E-state index is -0.935. The van der Waals surface area contributed by atoms with Crippen LogP contribution < -0.4 is 5.32 Å². The molecule has 0 aliphatic rings. The lowest BCUT2D eigenvalue weighted by Gasteiger charge is -2.13. The fourth-order valence-electron chi connectivity index (χ4n) is 3.48. The summed E-state index contributed by atoms with van der Waals surface area (Å²) in [6.45, 7) is 4.52. The predicted octanol–water partition coefficient (Wildman–Crippen LogP) is 4.39. The molecule has 0 unspecified atom stereocenters. The van der Waals surface area contributed by atoms with Crippen LogP contribution in [-0.2, 0) is 16.1 Å². The number of anilines is 1. The number of benzene rings is 2. The molecule has 2 aromatic carbocycles. The number of fused-ring (bicyclic) bond motifs is 3. The Labute approximate surface area is 168 Å². The van der Waals surface area contributed by atoms with E-state index in [0.717, 1.165) is 28.4 Å². The van der Waals surface area contributed by atoms with Crippen LogP contribution >= 0.6 is 0 Å². The highest BCUT2D eigenvalue weighted by molar-refractivity contribution is 6.10. The number of ether oxygens (including phenoxy) is 1. The Morgan fingerprint density at radius 1 is 1.07 bits per heavy atom. The van der Waals surface area contributed by atoms with E-state index in [2.05, 4.69) is 33.9 Å². The summed E-state index contributed by atoms with van der Waals surface area (Å²) in [4.78, 5) is 28.5. The van der Waals surface area contributed by atoms with Gasteiger partial charge < -0.3 is 14.6 Å². The van der Waals surface area contributed by atoms with Gasteiger partial charge in [-0.2, -0.15) is 0 Å². The Hall–Kier alpha value is -3.67. The monoisotopic (exact) mass is 387 g/mol. The molecule has 0 fully saturated rings. The number of pyridine rings is 1. The number of nitrogens with one attached hydrogen (secondary N) is 1. The molecule has 6 heteroatoms. The van der Waals surface area contributed by atoms with Crippen molar-refractivity contribution in [3.8, 4) is 0 Å². The molecular weight excluding hydrogens is 366 g/mol. The van der Waals surface area contributed by atoms with Gasteiger partial charge >= 0.3 is 5.97 Å². The van der Waals surface area contributed by atoms with Gasteiger partial charge in [0.15, 0.2) is 6.10 Å². The van der Waals surface area contributed by atoms with Gasteiger partial charge in [0.1, 0.15) is 0 Å². The van der Waals surface area contributed by atoms with E-state index in [1.807, 2.05) is 30.3 Å². The van der Waals surface area contributed by atoms with Crippen LogP contribution in [0.15, 0.2) is 67.0 Å². The van der Waals surface area contributed by atoms with E-state index in [0.29, 0.717) is 11.3 Å². The third kappa shape index (κ3) is 3.57. The van der Waals surface area contributed by atoms with E-state index in [9.17, 15) is 9.59 Å². The van der Waals surface area contributed by atoms with E-state index in [1.54, 1.807) is 25.3 Å². The average molecular weight is 387 g/mol. The lowest BCUT2D eigenvalue weighted by atomic mass is 10.1. The molecule has 0 saturated heterocycles. The van der Waals surface area contributed by atoms with Crippen molar-refractivity contribution in [1.29, 1.82) is 0 Å². The zero-order chi connectivity index (χ0) is 20.4. The normalized spacial score (nSPS) is 12.1. The lowest BCUT2D eigenvalue weighted by molar-refractivity contribution is -0.123. The second-order valence-corrected chi connectivity index (χ2v) is 6.77. The average Bonchev–Trinajstić information content (AvgIpc) is 3.07. The molecule has 1 atom stereocenters. The maximum absolute atomic E-state index is 12.5. The van der Waals surface area contributed by atoms with Crippen LogP contribution in [0.1, 0.15) is 24.2 Å². The van der Waals surface area contributed by atoms with E-state index >= 15 is 0 Å². The summed E-state index contributed by atoms with van der Waals surface area (Å²) in [5, 5.41) is 5.05. The quantitative estimate of drug-likeness (QED) is 0.515. The molecule has 4 aromatic rings. The van der Waals surface area contributed by atoms with E-state index < -0.39 is 12.1 Å². The third-order valence-corrected chi connectivity index (χ3v) is 4.91. The SMILES string of the molecule is CCn1c2ccccc2c2cc(NC(=O)[C@H](C)OC(=O)c3cccnc3)ccc21. The smallest absolute Gasteiger partial charge is 0.340 e. The Kier molecular flexibility index (Phi) is 4.99. The van der Waals surface area contributed by atoms with E-state index in [4.69, 9.17) is 4.74 Å². The van der Waals surface area contributed by atoms with Gasteiger partial charge in [0.25, 0.3) is 5.91 Å². The highest BCUT2D eigenvalue weighted by Gasteiger charge is 2.19. The summed E-state index contributed by atoms with van der Waals surface area (Å²) in [6, 6.07) is 17.3. The van der Waals surface area contributed by atoms with Crippen molar-refractivity contribution in [2.24, 2.45) is 0 Å². The number of para-hydroxylation sites is 1. The van der Waals surface area contributed by atoms with Crippen LogP contribution in [0.25, 0.3) is 21.8 Å². The number of carbonyl (C=O) groups excluding carboxylic acids is 2. The Morgan fingerprint density at radius 3 is 2.62 bits per heavy atom. The Bertz CT molecular complexity index is 1200. The molecule has 6 nitrogen and oxygen atoms in total. The number of aromatic nitrogens is 2. The second-order valence-electron chi connectivity index (χ2n) is 6.77. The van der Waals surface area contributed by atoms with E-state index in [1.165, 1.54) is 6.20 Å². The highest BCUT2D eigenvalue weighted by atomic mass is 16.5. The summed E-state index contributed by atoms with van der Waals surface area (Å²) >= 11 is 0. The Balaban J connectivity index is 1.55. The number of hydrogen-bond donors (Lipinski definition) is 1. The first-order chi connectivity index (χ1) is 14.1. The number of aryl methyl sites for hydroxylation is 1. The lowest BCUT2D eigenvalue weighted by Crippen LogP contribution is -2.30. The maximum Gasteiger partial charge on any atom is 0.340 e. The second kappa shape index (κ2) is 7.75. The largest absolute Gasteiger partial charge is 0.449 e. The third-order valence-electron chi connectivity index (χ3n) is 4.91. The molecule has 2 heterocycles. The van der Waals surface area contributed by atoms with Crippen LogP contribution in [0.3, 0.4) is 0 Å².